The Morgan fingerprint density at radius 3 is 2.85 bits per heavy atom. The summed E-state index contributed by atoms with van der Waals surface area (Å²) in [5.74, 6) is -1.39. The number of hydrogen-bond donors (Lipinski definition) is 1. The molecule has 2 heterocycles. The standard InChI is InChI=1S/C14H23NO5/c1-10(20-9-12-5-3-7-19-12)13(16)15-6-2-4-11(8-15)14(17)18/h10-12H,2-9H2,1H3,(H,17,18)/t10-,11-,12-/m0/s1. The van der Waals surface area contributed by atoms with E-state index in [2.05, 4.69) is 0 Å². The Bertz CT molecular complexity index is 353. The number of amides is 1. The van der Waals surface area contributed by atoms with Gasteiger partial charge in [-0.05, 0) is 32.6 Å². The second kappa shape index (κ2) is 7.04. The molecule has 2 saturated heterocycles. The molecule has 0 saturated carbocycles. The molecule has 0 bridgehead atoms. The smallest absolute Gasteiger partial charge is 0.308 e. The number of carbonyl (C=O) groups is 2. The number of likely N-dealkylation sites (tertiary alicyclic amines) is 1. The first-order valence-corrected chi connectivity index (χ1v) is 7.32. The number of aliphatic carboxylic acids is 1. The van der Waals surface area contributed by atoms with Crippen molar-refractivity contribution in [3.8, 4) is 0 Å². The summed E-state index contributed by atoms with van der Waals surface area (Å²) in [6, 6.07) is 0. The molecule has 3 atom stereocenters. The molecular formula is C14H23NO5. The second-order valence-corrected chi connectivity index (χ2v) is 5.57. The molecule has 114 valence electrons. The van der Waals surface area contributed by atoms with Crippen molar-refractivity contribution in [2.75, 3.05) is 26.3 Å². The maximum absolute atomic E-state index is 12.2. The number of carboxylic acid groups (broad SMARTS) is 1. The number of piperidine rings is 1. The van der Waals surface area contributed by atoms with Gasteiger partial charge in [-0.3, -0.25) is 9.59 Å². The molecule has 6 nitrogen and oxygen atoms in total. The largest absolute Gasteiger partial charge is 0.481 e. The van der Waals surface area contributed by atoms with Crippen LogP contribution in [0, 0.1) is 5.92 Å². The molecular weight excluding hydrogens is 262 g/mol. The predicted molar refractivity (Wildman–Crippen MR) is 71.3 cm³/mol. The van der Waals surface area contributed by atoms with Crippen molar-refractivity contribution in [2.45, 2.75) is 44.8 Å². The van der Waals surface area contributed by atoms with Gasteiger partial charge in [0.05, 0.1) is 18.6 Å². The molecule has 0 aromatic heterocycles. The minimum atomic E-state index is -0.824. The van der Waals surface area contributed by atoms with Gasteiger partial charge in [0.2, 0.25) is 0 Å². The van der Waals surface area contributed by atoms with E-state index in [0.717, 1.165) is 25.9 Å². The lowest BCUT2D eigenvalue weighted by Crippen LogP contribution is -2.46. The number of rotatable bonds is 5. The fraction of sp³-hybridized carbons (Fsp3) is 0.857. The predicted octanol–water partition coefficient (Wildman–Crippen LogP) is 0.894. The van der Waals surface area contributed by atoms with Gasteiger partial charge in [-0.25, -0.2) is 0 Å². The number of ether oxygens (including phenoxy) is 2. The Morgan fingerprint density at radius 1 is 1.40 bits per heavy atom. The van der Waals surface area contributed by atoms with E-state index in [9.17, 15) is 9.59 Å². The average molecular weight is 285 g/mol. The number of carbonyl (C=O) groups excluding carboxylic acids is 1. The molecule has 20 heavy (non-hydrogen) atoms. The highest BCUT2D eigenvalue weighted by atomic mass is 16.5. The maximum atomic E-state index is 12.2. The SMILES string of the molecule is C[C@H](OC[C@@H]1CCCO1)C(=O)N1CCC[C@H](C(=O)O)C1. The van der Waals surface area contributed by atoms with Crippen LogP contribution < -0.4 is 0 Å². The quantitative estimate of drug-likeness (QED) is 0.812. The lowest BCUT2D eigenvalue weighted by Gasteiger charge is -2.32. The third-order valence-electron chi connectivity index (χ3n) is 3.99. The van der Waals surface area contributed by atoms with Crippen LogP contribution in [0.1, 0.15) is 32.6 Å². The first-order chi connectivity index (χ1) is 9.58. The van der Waals surface area contributed by atoms with Crippen LogP contribution in [0.3, 0.4) is 0 Å². The highest BCUT2D eigenvalue weighted by Crippen LogP contribution is 2.18. The van der Waals surface area contributed by atoms with Crippen molar-refractivity contribution in [1.29, 1.82) is 0 Å². The first kappa shape index (κ1) is 15.3. The van der Waals surface area contributed by atoms with Crippen LogP contribution in [0.15, 0.2) is 0 Å². The van der Waals surface area contributed by atoms with Crippen LogP contribution in [0.2, 0.25) is 0 Å². The van der Waals surface area contributed by atoms with Gasteiger partial charge in [0, 0.05) is 19.7 Å². The summed E-state index contributed by atoms with van der Waals surface area (Å²) < 4.78 is 11.0. The van der Waals surface area contributed by atoms with E-state index in [1.54, 1.807) is 11.8 Å². The van der Waals surface area contributed by atoms with E-state index < -0.39 is 18.0 Å². The van der Waals surface area contributed by atoms with Crippen molar-refractivity contribution >= 4 is 11.9 Å². The van der Waals surface area contributed by atoms with Crippen LogP contribution in [-0.2, 0) is 19.1 Å². The third kappa shape index (κ3) is 3.93. The van der Waals surface area contributed by atoms with Gasteiger partial charge in [-0.2, -0.15) is 0 Å². The molecule has 1 N–H and O–H groups in total. The number of carboxylic acids is 1. The van der Waals surface area contributed by atoms with Crippen molar-refractivity contribution in [1.82, 2.24) is 4.90 Å². The zero-order valence-electron chi connectivity index (χ0n) is 11.9. The van der Waals surface area contributed by atoms with Crippen molar-refractivity contribution < 1.29 is 24.2 Å². The second-order valence-electron chi connectivity index (χ2n) is 5.57. The van der Waals surface area contributed by atoms with E-state index in [0.29, 0.717) is 26.1 Å². The molecule has 0 aromatic rings. The van der Waals surface area contributed by atoms with Gasteiger partial charge in [0.1, 0.15) is 6.10 Å². The lowest BCUT2D eigenvalue weighted by molar-refractivity contribution is -0.151. The van der Waals surface area contributed by atoms with Crippen molar-refractivity contribution in [2.24, 2.45) is 5.92 Å². The van der Waals surface area contributed by atoms with E-state index in [-0.39, 0.29) is 12.0 Å². The number of hydrogen-bond acceptors (Lipinski definition) is 4. The van der Waals surface area contributed by atoms with E-state index in [1.807, 2.05) is 0 Å². The summed E-state index contributed by atoms with van der Waals surface area (Å²) in [6.07, 6.45) is 2.96. The van der Waals surface area contributed by atoms with Crippen LogP contribution in [0.4, 0.5) is 0 Å². The first-order valence-electron chi connectivity index (χ1n) is 7.32. The molecule has 0 radical (unpaired) electrons. The molecule has 2 aliphatic rings. The van der Waals surface area contributed by atoms with Gasteiger partial charge in [0.15, 0.2) is 0 Å². The minimum absolute atomic E-state index is 0.0957. The summed E-state index contributed by atoms with van der Waals surface area (Å²) >= 11 is 0. The Labute approximate surface area is 119 Å². The fourth-order valence-electron chi connectivity index (χ4n) is 2.73. The van der Waals surface area contributed by atoms with Gasteiger partial charge in [-0.15, -0.1) is 0 Å². The Balaban J connectivity index is 1.78. The van der Waals surface area contributed by atoms with Gasteiger partial charge in [-0.1, -0.05) is 0 Å². The Hall–Kier alpha value is -1.14. The molecule has 0 spiro atoms. The van der Waals surface area contributed by atoms with Crippen LogP contribution in [0.25, 0.3) is 0 Å². The average Bonchev–Trinajstić information content (AvgIpc) is 2.97. The highest BCUT2D eigenvalue weighted by molar-refractivity contribution is 5.81. The van der Waals surface area contributed by atoms with Crippen LogP contribution >= 0.6 is 0 Å². The van der Waals surface area contributed by atoms with Gasteiger partial charge < -0.3 is 19.5 Å². The zero-order chi connectivity index (χ0) is 14.5. The summed E-state index contributed by atoms with van der Waals surface area (Å²) in [5.41, 5.74) is 0. The minimum Gasteiger partial charge on any atom is -0.481 e. The van der Waals surface area contributed by atoms with E-state index in [1.165, 1.54) is 0 Å². The topological polar surface area (TPSA) is 76.1 Å². The summed E-state index contributed by atoms with van der Waals surface area (Å²) in [6.45, 7) is 3.84. The van der Waals surface area contributed by atoms with Gasteiger partial charge in [0.25, 0.3) is 5.91 Å². The molecule has 6 heteroatoms. The molecule has 2 fully saturated rings. The monoisotopic (exact) mass is 285 g/mol. The van der Waals surface area contributed by atoms with Crippen molar-refractivity contribution in [3.05, 3.63) is 0 Å². The maximum Gasteiger partial charge on any atom is 0.308 e. The van der Waals surface area contributed by atoms with E-state index in [4.69, 9.17) is 14.6 Å². The highest BCUT2D eigenvalue weighted by Gasteiger charge is 2.31. The Kier molecular flexibility index (Phi) is 5.37. The fourth-order valence-corrected chi connectivity index (χ4v) is 2.73. The summed E-state index contributed by atoms with van der Waals surface area (Å²) in [5, 5.41) is 9.04. The molecule has 0 aliphatic carbocycles. The molecule has 0 aromatic carbocycles. The normalized spacial score (nSPS) is 28.4. The summed E-state index contributed by atoms with van der Waals surface area (Å²) in [7, 11) is 0. The Morgan fingerprint density at radius 2 is 2.20 bits per heavy atom. The van der Waals surface area contributed by atoms with Crippen molar-refractivity contribution in [3.63, 3.8) is 0 Å². The molecule has 0 unspecified atom stereocenters. The van der Waals surface area contributed by atoms with Crippen LogP contribution in [-0.4, -0.2) is 60.4 Å². The lowest BCUT2D eigenvalue weighted by atomic mass is 9.98. The number of nitrogens with zero attached hydrogens (tertiary/aromatic N) is 1. The van der Waals surface area contributed by atoms with E-state index >= 15 is 0 Å². The van der Waals surface area contributed by atoms with Crippen LogP contribution in [0.5, 0.6) is 0 Å². The van der Waals surface area contributed by atoms with Gasteiger partial charge >= 0.3 is 5.97 Å². The zero-order valence-corrected chi connectivity index (χ0v) is 11.9. The summed E-state index contributed by atoms with van der Waals surface area (Å²) in [4.78, 5) is 24.9. The molecule has 2 aliphatic heterocycles. The molecule has 1 amide bonds. The third-order valence-corrected chi connectivity index (χ3v) is 3.99. The molecule has 2 rings (SSSR count).